The van der Waals surface area contributed by atoms with Crippen molar-refractivity contribution in [2.45, 2.75) is 14.4 Å². The van der Waals surface area contributed by atoms with Crippen LogP contribution in [0.15, 0.2) is 41.5 Å². The molecule has 0 aromatic carbocycles. The Kier molecular flexibility index (Phi) is 9.07. The van der Waals surface area contributed by atoms with Gasteiger partial charge in [-0.15, -0.1) is 0 Å². The molecule has 9 nitrogen and oxygen atoms in total. The number of carbonyl (C=O) groups excluding carboxylic acids is 1. The van der Waals surface area contributed by atoms with Gasteiger partial charge in [0.2, 0.25) is 5.95 Å². The first-order valence-corrected chi connectivity index (χ1v) is 7.01. The van der Waals surface area contributed by atoms with Crippen LogP contribution in [0.4, 0.5) is 11.6 Å². The van der Waals surface area contributed by atoms with Gasteiger partial charge in [-0.05, 0) is 31.2 Å². The predicted molar refractivity (Wildman–Crippen MR) is 102 cm³/mol. The van der Waals surface area contributed by atoms with Crippen molar-refractivity contribution in [1.29, 1.82) is 0 Å². The van der Waals surface area contributed by atoms with Crippen molar-refractivity contribution in [3.63, 3.8) is 0 Å². The molecule has 0 aliphatic heterocycles. The number of nitrogens with zero attached hydrogens (tertiary/aromatic N) is 3. The second-order valence-electron chi connectivity index (χ2n) is 4.48. The summed E-state index contributed by atoms with van der Waals surface area (Å²) in [6.45, 7) is 2.06. The number of hydrogen-bond acceptors (Lipinski definition) is 8. The highest BCUT2D eigenvalue weighted by atomic mass is 16.5. The summed E-state index contributed by atoms with van der Waals surface area (Å²) in [6.07, 6.45) is 3.04. The van der Waals surface area contributed by atoms with E-state index >= 15 is 0 Å². The van der Waals surface area contributed by atoms with E-state index < -0.39 is 5.97 Å². The van der Waals surface area contributed by atoms with E-state index in [0.29, 0.717) is 23.3 Å². The summed E-state index contributed by atoms with van der Waals surface area (Å²) >= 11 is 0. The van der Waals surface area contributed by atoms with Crippen molar-refractivity contribution in [3.05, 3.63) is 52.7 Å². The van der Waals surface area contributed by atoms with E-state index in [1.54, 1.807) is 31.2 Å². The number of nitrogen functional groups attached to an aromatic ring is 2. The molecule has 26 heavy (non-hydrogen) atoms. The fourth-order valence-corrected chi connectivity index (χ4v) is 1.78. The standard InChI is InChI=1S/C8H10N2O2.C7H6N4O.CH4.B/c1-2-12-8(11)7-6(9)4-3-5-10-7;8-7-10-4-2-1-3-9-5(4)6(12)11-7;;/h3-5H,2,9H2,1H3;1-3H,(H3,8,10,11,12);1H4;. The molecule has 3 aromatic heterocycles. The van der Waals surface area contributed by atoms with Crippen LogP contribution in [-0.2, 0) is 4.74 Å². The van der Waals surface area contributed by atoms with Gasteiger partial charge >= 0.3 is 5.97 Å². The van der Waals surface area contributed by atoms with Crippen LogP contribution in [0.1, 0.15) is 24.8 Å². The number of aromatic amines is 1. The normalized spacial score (nSPS) is 9.12. The molecule has 3 heterocycles. The summed E-state index contributed by atoms with van der Waals surface area (Å²) in [6, 6.07) is 6.67. The van der Waals surface area contributed by atoms with Crippen molar-refractivity contribution in [2.75, 3.05) is 18.1 Å². The maximum atomic E-state index is 11.2. The minimum atomic E-state index is -0.476. The summed E-state index contributed by atoms with van der Waals surface area (Å²) in [5.41, 5.74) is 11.9. The Morgan fingerprint density at radius 3 is 2.50 bits per heavy atom. The minimum absolute atomic E-state index is 0. The quantitative estimate of drug-likeness (QED) is 0.455. The Balaban J connectivity index is 0.000000446. The van der Waals surface area contributed by atoms with Crippen molar-refractivity contribution < 1.29 is 9.53 Å². The molecule has 0 unspecified atom stereocenters. The van der Waals surface area contributed by atoms with Gasteiger partial charge in [0.05, 0.1) is 17.8 Å². The molecule has 0 saturated carbocycles. The molecular formula is C16H20BN6O3. The Hall–Kier alpha value is -3.43. The number of anilines is 2. The zero-order valence-corrected chi connectivity index (χ0v) is 13.5. The fourth-order valence-electron chi connectivity index (χ4n) is 1.78. The first kappa shape index (κ1) is 22.6. The van der Waals surface area contributed by atoms with Crippen molar-refractivity contribution >= 4 is 37.1 Å². The third-order valence-corrected chi connectivity index (χ3v) is 2.79. The van der Waals surface area contributed by atoms with E-state index in [4.69, 9.17) is 16.2 Å². The molecule has 5 N–H and O–H groups in total. The Morgan fingerprint density at radius 2 is 1.85 bits per heavy atom. The second kappa shape index (κ2) is 10.4. The molecule has 0 saturated heterocycles. The highest BCUT2D eigenvalue weighted by Crippen LogP contribution is 2.07. The van der Waals surface area contributed by atoms with Gasteiger partial charge in [-0.3, -0.25) is 9.78 Å². The average molecular weight is 355 g/mol. The third kappa shape index (κ3) is 5.58. The number of nitrogens with one attached hydrogen (secondary N) is 1. The van der Waals surface area contributed by atoms with E-state index in [1.165, 1.54) is 12.4 Å². The highest BCUT2D eigenvalue weighted by molar-refractivity contribution is 5.92. The van der Waals surface area contributed by atoms with Crippen molar-refractivity contribution in [3.8, 4) is 0 Å². The van der Waals surface area contributed by atoms with Gasteiger partial charge in [0, 0.05) is 20.8 Å². The Bertz CT molecular complexity index is 916. The van der Waals surface area contributed by atoms with Crippen molar-refractivity contribution in [2.24, 2.45) is 0 Å². The molecule has 3 aromatic rings. The Morgan fingerprint density at radius 1 is 1.19 bits per heavy atom. The molecule has 135 valence electrons. The average Bonchev–Trinajstić information content (AvgIpc) is 2.56. The number of hydrogen-bond donors (Lipinski definition) is 3. The predicted octanol–water partition coefficient (Wildman–Crippen LogP) is 0.996. The molecule has 3 radical (unpaired) electrons. The molecule has 3 rings (SSSR count). The number of nitrogens with two attached hydrogens (primary N) is 2. The molecule has 0 aliphatic carbocycles. The zero-order valence-electron chi connectivity index (χ0n) is 13.5. The number of fused-ring (bicyclic) bond motifs is 1. The lowest BCUT2D eigenvalue weighted by molar-refractivity contribution is 0.0521. The van der Waals surface area contributed by atoms with Crippen LogP contribution in [0.3, 0.4) is 0 Å². The van der Waals surface area contributed by atoms with Gasteiger partial charge in [0.25, 0.3) is 5.56 Å². The van der Waals surface area contributed by atoms with Crippen LogP contribution >= 0.6 is 0 Å². The van der Waals surface area contributed by atoms with Crippen LogP contribution in [0.5, 0.6) is 0 Å². The van der Waals surface area contributed by atoms with Crippen molar-refractivity contribution in [1.82, 2.24) is 19.9 Å². The summed E-state index contributed by atoms with van der Waals surface area (Å²) < 4.78 is 4.73. The fraction of sp³-hybridized carbons (Fsp3) is 0.188. The lowest BCUT2D eigenvalue weighted by Crippen LogP contribution is -2.12. The Labute approximate surface area is 152 Å². The van der Waals surface area contributed by atoms with E-state index in [0.717, 1.165) is 0 Å². The molecule has 0 atom stereocenters. The van der Waals surface area contributed by atoms with Crippen LogP contribution in [0.2, 0.25) is 0 Å². The van der Waals surface area contributed by atoms with Gasteiger partial charge in [-0.2, -0.15) is 0 Å². The maximum absolute atomic E-state index is 11.2. The summed E-state index contributed by atoms with van der Waals surface area (Å²) in [7, 11) is 0. The molecule has 0 spiro atoms. The summed E-state index contributed by atoms with van der Waals surface area (Å²) in [4.78, 5) is 36.2. The summed E-state index contributed by atoms with van der Waals surface area (Å²) in [5, 5.41) is 0. The van der Waals surface area contributed by atoms with Crippen LogP contribution in [0, 0.1) is 0 Å². The first-order chi connectivity index (χ1) is 11.5. The number of aromatic nitrogens is 4. The minimum Gasteiger partial charge on any atom is -0.461 e. The number of esters is 1. The summed E-state index contributed by atoms with van der Waals surface area (Å²) in [5.74, 6) is -0.365. The maximum Gasteiger partial charge on any atom is 0.359 e. The number of H-pyrrole nitrogens is 1. The van der Waals surface area contributed by atoms with Gasteiger partial charge in [-0.25, -0.2) is 19.7 Å². The SMILES string of the molecule is C.CCOC(=O)c1ncccc1N.Nc1nc2cccnc2c(=O)[nH]1.[B]. The van der Waals surface area contributed by atoms with Crippen LogP contribution in [-0.4, -0.2) is 40.9 Å². The second-order valence-corrected chi connectivity index (χ2v) is 4.48. The number of ether oxygens (including phenoxy) is 1. The topological polar surface area (TPSA) is 150 Å². The van der Waals surface area contributed by atoms with Crippen LogP contribution < -0.4 is 17.0 Å². The lowest BCUT2D eigenvalue weighted by atomic mass is 10.3. The zero-order chi connectivity index (χ0) is 17.5. The van der Waals surface area contributed by atoms with Crippen LogP contribution in [0.25, 0.3) is 11.0 Å². The van der Waals surface area contributed by atoms with Gasteiger partial charge < -0.3 is 16.2 Å². The van der Waals surface area contributed by atoms with E-state index in [1.807, 2.05) is 0 Å². The molecule has 10 heteroatoms. The van der Waals surface area contributed by atoms with Gasteiger partial charge in [-0.1, -0.05) is 7.43 Å². The third-order valence-electron chi connectivity index (χ3n) is 2.79. The molecule has 0 fully saturated rings. The highest BCUT2D eigenvalue weighted by Gasteiger charge is 2.10. The first-order valence-electron chi connectivity index (χ1n) is 7.01. The number of carbonyl (C=O) groups is 1. The largest absolute Gasteiger partial charge is 0.461 e. The smallest absolute Gasteiger partial charge is 0.359 e. The van der Waals surface area contributed by atoms with Gasteiger partial charge in [0.15, 0.2) is 11.2 Å². The number of rotatable bonds is 2. The number of pyridine rings is 2. The molecule has 0 bridgehead atoms. The van der Waals surface area contributed by atoms with Gasteiger partial charge in [0.1, 0.15) is 0 Å². The molecule has 0 aliphatic rings. The molecule has 0 amide bonds. The van der Waals surface area contributed by atoms with E-state index in [9.17, 15) is 9.59 Å². The van der Waals surface area contributed by atoms with E-state index in [-0.39, 0.29) is 33.0 Å². The monoisotopic (exact) mass is 355 g/mol. The molecular weight excluding hydrogens is 335 g/mol. The van der Waals surface area contributed by atoms with E-state index in [2.05, 4.69) is 19.9 Å². The lowest BCUT2D eigenvalue weighted by Gasteiger charge is -2.02.